The minimum Gasteiger partial charge on any atom is -0.456 e. The molecule has 5 nitrogen and oxygen atoms in total. The van der Waals surface area contributed by atoms with E-state index in [-0.39, 0.29) is 0 Å². The third kappa shape index (κ3) is 4.89. The molecule has 0 aliphatic rings. The highest BCUT2D eigenvalue weighted by molar-refractivity contribution is 6.26. The molecule has 0 atom stereocenters. The summed E-state index contributed by atoms with van der Waals surface area (Å²) in [5.41, 5.74) is 13.3. The van der Waals surface area contributed by atoms with Gasteiger partial charge < -0.3 is 13.6 Å². The first-order chi connectivity index (χ1) is 28.3. The summed E-state index contributed by atoms with van der Waals surface area (Å²) in [6, 6.07) is 68.3. The maximum absolute atomic E-state index is 6.28. The third-order valence-electron chi connectivity index (χ3n) is 11.3. The van der Waals surface area contributed by atoms with Crippen LogP contribution in [0.5, 0.6) is 0 Å². The molecular formula is C52H32N4O. The standard InChI is InChI=1S/C52H32N4O/c1-3-13-33(14-4-1)43-32-44(35-25-28-40-39-18-9-12-22-48(39)57-49(40)31-35)54-52(53-43)34-23-26-37(27-24-34)56-45-20-10-7-17-38(45)41-29-30-47-50(51(41)56)42-19-8-11-21-46(42)55(47)36-15-5-2-6-16-36/h1-32H. The maximum atomic E-state index is 6.28. The van der Waals surface area contributed by atoms with Crippen LogP contribution in [0.3, 0.4) is 0 Å². The molecule has 0 spiro atoms. The van der Waals surface area contributed by atoms with Crippen LogP contribution in [-0.4, -0.2) is 19.1 Å². The van der Waals surface area contributed by atoms with Crippen LogP contribution in [0.1, 0.15) is 0 Å². The topological polar surface area (TPSA) is 48.8 Å². The Morgan fingerprint density at radius 3 is 1.72 bits per heavy atom. The van der Waals surface area contributed by atoms with E-state index >= 15 is 0 Å². The number of benzene rings is 8. The predicted molar refractivity (Wildman–Crippen MR) is 234 cm³/mol. The molecule has 0 bridgehead atoms. The Morgan fingerprint density at radius 2 is 0.930 bits per heavy atom. The Kier molecular flexibility index (Phi) is 6.86. The number of hydrogen-bond donors (Lipinski definition) is 0. The lowest BCUT2D eigenvalue weighted by Gasteiger charge is -2.12. The van der Waals surface area contributed by atoms with Gasteiger partial charge in [-0.05, 0) is 78.9 Å². The Morgan fingerprint density at radius 1 is 0.351 bits per heavy atom. The smallest absolute Gasteiger partial charge is 0.160 e. The van der Waals surface area contributed by atoms with E-state index in [1.54, 1.807) is 0 Å². The fourth-order valence-corrected chi connectivity index (χ4v) is 8.76. The summed E-state index contributed by atoms with van der Waals surface area (Å²) in [7, 11) is 0. The lowest BCUT2D eigenvalue weighted by molar-refractivity contribution is 0.669. The van der Waals surface area contributed by atoms with Crippen LogP contribution in [0.25, 0.3) is 111 Å². The van der Waals surface area contributed by atoms with E-state index in [1.165, 1.54) is 38.1 Å². The molecule has 0 saturated carbocycles. The molecule has 4 aromatic heterocycles. The average Bonchev–Trinajstić information content (AvgIpc) is 3.94. The summed E-state index contributed by atoms with van der Waals surface area (Å²) in [5.74, 6) is 0.665. The molecule has 5 heteroatoms. The van der Waals surface area contributed by atoms with Crippen molar-refractivity contribution in [1.82, 2.24) is 19.1 Å². The van der Waals surface area contributed by atoms with E-state index in [9.17, 15) is 0 Å². The zero-order chi connectivity index (χ0) is 37.5. The summed E-state index contributed by atoms with van der Waals surface area (Å²) in [6.45, 7) is 0. The van der Waals surface area contributed by atoms with Gasteiger partial charge >= 0.3 is 0 Å². The predicted octanol–water partition coefficient (Wildman–Crippen LogP) is 13.6. The minimum absolute atomic E-state index is 0.665. The third-order valence-corrected chi connectivity index (χ3v) is 11.3. The number of furan rings is 1. The van der Waals surface area contributed by atoms with Crippen LogP contribution < -0.4 is 0 Å². The summed E-state index contributed by atoms with van der Waals surface area (Å²) >= 11 is 0. The summed E-state index contributed by atoms with van der Waals surface area (Å²) in [5, 5.41) is 7.11. The van der Waals surface area contributed by atoms with Crippen LogP contribution >= 0.6 is 0 Å². The quantitative estimate of drug-likeness (QED) is 0.177. The Labute approximate surface area is 327 Å². The van der Waals surface area contributed by atoms with Crippen molar-refractivity contribution in [3.05, 3.63) is 194 Å². The van der Waals surface area contributed by atoms with Gasteiger partial charge in [0.15, 0.2) is 5.82 Å². The Hall–Kier alpha value is -7.76. The molecule has 57 heavy (non-hydrogen) atoms. The molecule has 0 aliphatic heterocycles. The lowest BCUT2D eigenvalue weighted by Crippen LogP contribution is -1.98. The largest absolute Gasteiger partial charge is 0.456 e. The monoisotopic (exact) mass is 728 g/mol. The highest BCUT2D eigenvalue weighted by atomic mass is 16.3. The fourth-order valence-electron chi connectivity index (χ4n) is 8.76. The molecule has 266 valence electrons. The molecule has 0 fully saturated rings. The first-order valence-electron chi connectivity index (χ1n) is 19.2. The summed E-state index contributed by atoms with van der Waals surface area (Å²) in [4.78, 5) is 10.3. The van der Waals surface area contributed by atoms with Gasteiger partial charge in [0.05, 0.1) is 33.5 Å². The highest BCUT2D eigenvalue weighted by Gasteiger charge is 2.21. The number of fused-ring (bicyclic) bond motifs is 10. The van der Waals surface area contributed by atoms with E-state index < -0.39 is 0 Å². The first-order valence-corrected chi connectivity index (χ1v) is 19.2. The number of rotatable bonds is 5. The van der Waals surface area contributed by atoms with Gasteiger partial charge in [-0.25, -0.2) is 9.97 Å². The van der Waals surface area contributed by atoms with Crippen molar-refractivity contribution in [1.29, 1.82) is 0 Å². The average molecular weight is 729 g/mol. The Bertz CT molecular complexity index is 3500. The van der Waals surface area contributed by atoms with Gasteiger partial charge in [0.1, 0.15) is 11.2 Å². The molecule has 0 N–H and O–H groups in total. The molecule has 0 amide bonds. The van der Waals surface area contributed by atoms with Crippen molar-refractivity contribution < 1.29 is 4.42 Å². The molecule has 0 unspecified atom stereocenters. The van der Waals surface area contributed by atoms with E-state index in [1.807, 2.05) is 36.4 Å². The van der Waals surface area contributed by atoms with Gasteiger partial charge in [-0.15, -0.1) is 0 Å². The number of aromatic nitrogens is 4. The van der Waals surface area contributed by atoms with Crippen molar-refractivity contribution >= 4 is 65.6 Å². The molecule has 4 heterocycles. The minimum atomic E-state index is 0.665. The van der Waals surface area contributed by atoms with Gasteiger partial charge in [-0.2, -0.15) is 0 Å². The van der Waals surface area contributed by atoms with Gasteiger partial charge in [0.2, 0.25) is 0 Å². The van der Waals surface area contributed by atoms with Gasteiger partial charge in [-0.3, -0.25) is 0 Å². The van der Waals surface area contributed by atoms with Crippen molar-refractivity contribution in [3.8, 4) is 45.3 Å². The number of nitrogens with zero attached hydrogens (tertiary/aromatic N) is 4. The first kappa shape index (κ1) is 31.6. The van der Waals surface area contributed by atoms with E-state index in [0.717, 1.165) is 66.9 Å². The van der Waals surface area contributed by atoms with Gasteiger partial charge in [-0.1, -0.05) is 115 Å². The summed E-state index contributed by atoms with van der Waals surface area (Å²) in [6.07, 6.45) is 0. The van der Waals surface area contributed by atoms with Crippen LogP contribution in [0.2, 0.25) is 0 Å². The van der Waals surface area contributed by atoms with Crippen LogP contribution in [0, 0.1) is 0 Å². The summed E-state index contributed by atoms with van der Waals surface area (Å²) < 4.78 is 11.1. The number of para-hydroxylation sites is 4. The zero-order valence-corrected chi connectivity index (χ0v) is 30.7. The molecule has 0 saturated heterocycles. The SMILES string of the molecule is c1ccc(-c2cc(-c3ccc4c(c3)oc3ccccc34)nc(-c3ccc(-n4c5ccccc5c5ccc6c(c7ccccc7n6-c6ccccc6)c54)cc3)n2)cc1. The highest BCUT2D eigenvalue weighted by Crippen LogP contribution is 2.42. The molecule has 0 radical (unpaired) electrons. The van der Waals surface area contributed by atoms with Gasteiger partial charge in [0, 0.05) is 60.4 Å². The number of hydrogen-bond acceptors (Lipinski definition) is 3. The molecule has 0 aliphatic carbocycles. The van der Waals surface area contributed by atoms with Crippen LogP contribution in [-0.2, 0) is 0 Å². The molecule has 8 aromatic carbocycles. The van der Waals surface area contributed by atoms with Crippen molar-refractivity contribution in [2.24, 2.45) is 0 Å². The molecule has 12 rings (SSSR count). The van der Waals surface area contributed by atoms with Crippen molar-refractivity contribution in [3.63, 3.8) is 0 Å². The van der Waals surface area contributed by atoms with E-state index in [2.05, 4.69) is 167 Å². The fraction of sp³-hybridized carbons (Fsp3) is 0. The normalized spacial score (nSPS) is 11.9. The second-order valence-corrected chi connectivity index (χ2v) is 14.6. The second-order valence-electron chi connectivity index (χ2n) is 14.6. The van der Waals surface area contributed by atoms with Gasteiger partial charge in [0.25, 0.3) is 0 Å². The molecule has 12 aromatic rings. The maximum Gasteiger partial charge on any atom is 0.160 e. The lowest BCUT2D eigenvalue weighted by atomic mass is 10.0. The molecular weight excluding hydrogens is 697 g/mol. The van der Waals surface area contributed by atoms with Crippen molar-refractivity contribution in [2.45, 2.75) is 0 Å². The van der Waals surface area contributed by atoms with E-state index in [4.69, 9.17) is 14.4 Å². The Balaban J connectivity index is 1.04. The van der Waals surface area contributed by atoms with Crippen LogP contribution in [0.4, 0.5) is 0 Å². The van der Waals surface area contributed by atoms with Crippen molar-refractivity contribution in [2.75, 3.05) is 0 Å². The van der Waals surface area contributed by atoms with Crippen LogP contribution in [0.15, 0.2) is 199 Å². The zero-order valence-electron chi connectivity index (χ0n) is 30.7. The second kappa shape index (κ2) is 12.4. The van der Waals surface area contributed by atoms with E-state index in [0.29, 0.717) is 5.82 Å².